The number of nitrogens with one attached hydrogen (secondary N) is 3. The smallest absolute Gasteiger partial charge is 0.319 e. The molecule has 0 saturated heterocycles. The Bertz CT molecular complexity index is 807. The molecule has 0 aliphatic carbocycles. The van der Waals surface area contributed by atoms with E-state index in [1.165, 1.54) is 0 Å². The lowest BCUT2D eigenvalue weighted by atomic mass is 10.0. The van der Waals surface area contributed by atoms with Crippen LogP contribution >= 0.6 is 0 Å². The van der Waals surface area contributed by atoms with E-state index < -0.39 is 0 Å². The highest BCUT2D eigenvalue weighted by Gasteiger charge is 2.19. The van der Waals surface area contributed by atoms with E-state index in [0.717, 1.165) is 16.8 Å². The minimum absolute atomic E-state index is 0.00876. The van der Waals surface area contributed by atoms with E-state index in [1.807, 2.05) is 32.0 Å². The lowest BCUT2D eigenvalue weighted by Gasteiger charge is -2.17. The molecule has 130 valence electrons. The molecule has 0 spiro atoms. The van der Waals surface area contributed by atoms with Crippen LogP contribution < -0.4 is 20.7 Å². The second-order valence-electron chi connectivity index (χ2n) is 5.75. The van der Waals surface area contributed by atoms with Gasteiger partial charge in [0.2, 0.25) is 11.8 Å². The van der Waals surface area contributed by atoms with E-state index in [1.54, 1.807) is 18.3 Å². The summed E-state index contributed by atoms with van der Waals surface area (Å²) >= 11 is 0. The summed E-state index contributed by atoms with van der Waals surface area (Å²) in [6, 6.07) is 8.59. The average molecular weight is 340 g/mol. The van der Waals surface area contributed by atoms with Crippen molar-refractivity contribution in [2.24, 2.45) is 0 Å². The molecule has 3 amide bonds. The molecule has 0 saturated carbocycles. The van der Waals surface area contributed by atoms with Gasteiger partial charge in [0.05, 0.1) is 19.1 Å². The average Bonchev–Trinajstić information content (AvgIpc) is 2.95. The molecule has 0 bridgehead atoms. The van der Waals surface area contributed by atoms with Gasteiger partial charge in [0.1, 0.15) is 5.69 Å². The maximum Gasteiger partial charge on any atom is 0.319 e. The molecule has 2 heterocycles. The van der Waals surface area contributed by atoms with Gasteiger partial charge in [-0.15, -0.1) is 0 Å². The summed E-state index contributed by atoms with van der Waals surface area (Å²) in [5, 5.41) is 8.42. The predicted octanol–water partition coefficient (Wildman–Crippen LogP) is 2.86. The second kappa shape index (κ2) is 7.21. The number of benzene rings is 1. The van der Waals surface area contributed by atoms with Crippen LogP contribution in [0.4, 0.5) is 16.2 Å². The Labute approximate surface area is 145 Å². The first-order valence-electron chi connectivity index (χ1n) is 8.15. The quantitative estimate of drug-likeness (QED) is 0.780. The number of nitrogens with zero attached hydrogens (tertiary/aromatic N) is 1. The third kappa shape index (κ3) is 3.88. The Kier molecular flexibility index (Phi) is 4.83. The van der Waals surface area contributed by atoms with Gasteiger partial charge in [-0.1, -0.05) is 12.1 Å². The van der Waals surface area contributed by atoms with Crippen LogP contribution in [0.3, 0.4) is 0 Å². The normalized spacial score (nSPS) is 13.6. The summed E-state index contributed by atoms with van der Waals surface area (Å²) in [6.45, 7) is 4.21. The second-order valence-corrected chi connectivity index (χ2v) is 5.75. The summed E-state index contributed by atoms with van der Waals surface area (Å²) in [5.74, 6) is 0.375. The van der Waals surface area contributed by atoms with E-state index >= 15 is 0 Å². The first-order chi connectivity index (χ1) is 12.1. The largest absolute Gasteiger partial charge is 0.476 e. The number of ether oxygens (including phenoxy) is 1. The Morgan fingerprint density at radius 2 is 2.24 bits per heavy atom. The Morgan fingerprint density at radius 1 is 1.40 bits per heavy atom. The van der Waals surface area contributed by atoms with Gasteiger partial charge in [0.25, 0.3) is 0 Å². The summed E-state index contributed by atoms with van der Waals surface area (Å²) < 4.78 is 5.40. The molecular formula is C18H20N4O3. The summed E-state index contributed by atoms with van der Waals surface area (Å²) in [5.41, 5.74) is 3.23. The van der Waals surface area contributed by atoms with Crippen LogP contribution in [0.5, 0.6) is 5.88 Å². The first kappa shape index (κ1) is 16.8. The molecule has 25 heavy (non-hydrogen) atoms. The zero-order chi connectivity index (χ0) is 17.8. The van der Waals surface area contributed by atoms with Gasteiger partial charge in [-0.3, -0.25) is 4.79 Å². The fourth-order valence-corrected chi connectivity index (χ4v) is 2.69. The van der Waals surface area contributed by atoms with Crippen molar-refractivity contribution >= 4 is 23.3 Å². The van der Waals surface area contributed by atoms with E-state index in [9.17, 15) is 9.59 Å². The van der Waals surface area contributed by atoms with Gasteiger partial charge in [0.15, 0.2) is 0 Å². The maximum atomic E-state index is 12.3. The molecule has 1 aromatic carbocycles. The Hall–Kier alpha value is -3.09. The molecule has 7 heteroatoms. The maximum absolute atomic E-state index is 12.3. The molecule has 0 fully saturated rings. The Morgan fingerprint density at radius 3 is 3.04 bits per heavy atom. The van der Waals surface area contributed by atoms with Gasteiger partial charge in [-0.05, 0) is 43.2 Å². The molecule has 2 aromatic rings. The van der Waals surface area contributed by atoms with Crippen molar-refractivity contribution < 1.29 is 14.3 Å². The number of fused-ring (bicyclic) bond motifs is 1. The molecule has 1 atom stereocenters. The van der Waals surface area contributed by atoms with Crippen molar-refractivity contribution in [3.63, 3.8) is 0 Å². The van der Waals surface area contributed by atoms with Crippen LogP contribution in [-0.2, 0) is 11.2 Å². The number of aromatic nitrogens is 1. The van der Waals surface area contributed by atoms with Crippen molar-refractivity contribution in [3.8, 4) is 5.88 Å². The molecule has 0 radical (unpaired) electrons. The number of rotatable bonds is 5. The lowest BCUT2D eigenvalue weighted by Crippen LogP contribution is -2.31. The van der Waals surface area contributed by atoms with Crippen molar-refractivity contribution in [1.29, 1.82) is 0 Å². The van der Waals surface area contributed by atoms with Crippen LogP contribution in [-0.4, -0.2) is 23.5 Å². The molecule has 3 rings (SSSR count). The fourth-order valence-electron chi connectivity index (χ4n) is 2.69. The van der Waals surface area contributed by atoms with Crippen molar-refractivity contribution in [2.45, 2.75) is 26.3 Å². The van der Waals surface area contributed by atoms with Crippen LogP contribution in [0.15, 0.2) is 36.5 Å². The number of amides is 3. The number of hydrogen-bond donors (Lipinski definition) is 3. The number of carbonyl (C=O) groups is 2. The zero-order valence-corrected chi connectivity index (χ0v) is 14.1. The highest BCUT2D eigenvalue weighted by atomic mass is 16.5. The summed E-state index contributed by atoms with van der Waals surface area (Å²) in [6.07, 6.45) is 1.98. The fraction of sp³-hybridized carbons (Fsp3) is 0.278. The highest BCUT2D eigenvalue weighted by Crippen LogP contribution is 2.26. The standard InChI is InChI=1S/C18H20N4O3/c1-3-25-17-15(5-4-8-19-17)22-18(24)20-11(2)12-6-7-14-13(9-12)10-16(23)21-14/h4-9,11H,3,10H2,1-2H3,(H,21,23)(H2,20,22,24)/t11-/m0/s1. The van der Waals surface area contributed by atoms with E-state index in [0.29, 0.717) is 24.6 Å². The molecule has 0 unspecified atom stereocenters. The van der Waals surface area contributed by atoms with Gasteiger partial charge >= 0.3 is 6.03 Å². The van der Waals surface area contributed by atoms with Crippen molar-refractivity contribution in [1.82, 2.24) is 10.3 Å². The molecular weight excluding hydrogens is 320 g/mol. The SMILES string of the molecule is CCOc1ncccc1NC(=O)N[C@@H](C)c1ccc2c(c1)CC(=O)N2. The minimum atomic E-state index is -0.351. The Balaban J connectivity index is 1.65. The van der Waals surface area contributed by atoms with Gasteiger partial charge in [-0.2, -0.15) is 0 Å². The summed E-state index contributed by atoms with van der Waals surface area (Å²) in [7, 11) is 0. The highest BCUT2D eigenvalue weighted by molar-refractivity contribution is 5.99. The lowest BCUT2D eigenvalue weighted by molar-refractivity contribution is -0.115. The van der Waals surface area contributed by atoms with Crippen LogP contribution in [0.2, 0.25) is 0 Å². The van der Waals surface area contributed by atoms with E-state index in [4.69, 9.17) is 4.74 Å². The third-order valence-electron chi connectivity index (χ3n) is 3.90. The number of urea groups is 1. The van der Waals surface area contributed by atoms with Crippen molar-refractivity contribution in [2.75, 3.05) is 17.2 Å². The molecule has 1 aromatic heterocycles. The van der Waals surface area contributed by atoms with Crippen LogP contribution in [0, 0.1) is 0 Å². The van der Waals surface area contributed by atoms with Crippen LogP contribution in [0.1, 0.15) is 31.0 Å². The van der Waals surface area contributed by atoms with Gasteiger partial charge in [-0.25, -0.2) is 9.78 Å². The number of hydrogen-bond acceptors (Lipinski definition) is 4. The third-order valence-corrected chi connectivity index (χ3v) is 3.90. The molecule has 1 aliphatic heterocycles. The monoisotopic (exact) mass is 340 g/mol. The van der Waals surface area contributed by atoms with Gasteiger partial charge < -0.3 is 20.7 Å². The van der Waals surface area contributed by atoms with Gasteiger partial charge in [0, 0.05) is 11.9 Å². The van der Waals surface area contributed by atoms with Crippen molar-refractivity contribution in [3.05, 3.63) is 47.7 Å². The number of pyridine rings is 1. The number of anilines is 2. The van der Waals surface area contributed by atoms with E-state index in [-0.39, 0.29) is 18.0 Å². The molecule has 3 N–H and O–H groups in total. The first-order valence-corrected chi connectivity index (χ1v) is 8.15. The van der Waals surface area contributed by atoms with E-state index in [2.05, 4.69) is 20.9 Å². The zero-order valence-electron chi connectivity index (χ0n) is 14.1. The predicted molar refractivity (Wildman–Crippen MR) is 94.8 cm³/mol. The molecule has 7 nitrogen and oxygen atoms in total. The topological polar surface area (TPSA) is 92.3 Å². The molecule has 1 aliphatic rings. The number of carbonyl (C=O) groups excluding carboxylic acids is 2. The summed E-state index contributed by atoms with van der Waals surface area (Å²) in [4.78, 5) is 27.8. The minimum Gasteiger partial charge on any atom is -0.476 e. The van der Waals surface area contributed by atoms with Crippen LogP contribution in [0.25, 0.3) is 0 Å².